The average molecular weight is 337 g/mol. The van der Waals surface area contributed by atoms with Crippen LogP contribution < -0.4 is 4.90 Å². The maximum Gasteiger partial charge on any atom is 0.240 e. The largest absolute Gasteiger partial charge is 0.282 e. The molecule has 2 aromatic rings. The first-order valence-electron chi connectivity index (χ1n) is 7.65. The number of carbonyl (C=O) groups excluding carboxylic acids is 2. The van der Waals surface area contributed by atoms with Gasteiger partial charge in [-0.25, -0.2) is 9.88 Å². The van der Waals surface area contributed by atoms with E-state index in [4.69, 9.17) is 6.42 Å². The van der Waals surface area contributed by atoms with Gasteiger partial charge in [0.05, 0.1) is 29.6 Å². The van der Waals surface area contributed by atoms with E-state index in [1.54, 1.807) is 18.3 Å². The summed E-state index contributed by atoms with van der Waals surface area (Å²) < 4.78 is 0. The van der Waals surface area contributed by atoms with Gasteiger partial charge in [0.2, 0.25) is 11.8 Å². The van der Waals surface area contributed by atoms with E-state index in [0.717, 1.165) is 5.01 Å². The van der Waals surface area contributed by atoms with Crippen molar-refractivity contribution >= 4 is 28.8 Å². The second-order valence-corrected chi connectivity index (χ2v) is 6.92. The molecule has 0 radical (unpaired) electrons. The SMILES string of the molecule is C#C[C@H]1[C@@H]2C(=O)N(c3ccccc3)C(=O)[C@@H]2[C@H](c2nccs2)N1C. The van der Waals surface area contributed by atoms with Crippen molar-refractivity contribution in [1.29, 1.82) is 0 Å². The van der Waals surface area contributed by atoms with Crippen molar-refractivity contribution in [3.8, 4) is 12.3 Å². The molecule has 24 heavy (non-hydrogen) atoms. The zero-order valence-corrected chi connectivity index (χ0v) is 13.8. The Morgan fingerprint density at radius 2 is 1.88 bits per heavy atom. The highest BCUT2D eigenvalue weighted by Gasteiger charge is 2.62. The molecule has 2 saturated heterocycles. The second kappa shape index (κ2) is 5.55. The third-order valence-electron chi connectivity index (χ3n) is 4.85. The molecule has 6 heteroatoms. The molecule has 2 aliphatic rings. The topological polar surface area (TPSA) is 53.5 Å². The second-order valence-electron chi connectivity index (χ2n) is 5.99. The van der Waals surface area contributed by atoms with Gasteiger partial charge in [-0.1, -0.05) is 24.1 Å². The van der Waals surface area contributed by atoms with Crippen molar-refractivity contribution in [2.75, 3.05) is 11.9 Å². The smallest absolute Gasteiger partial charge is 0.240 e. The summed E-state index contributed by atoms with van der Waals surface area (Å²) in [5.41, 5.74) is 0.596. The van der Waals surface area contributed by atoms with E-state index in [1.165, 1.54) is 16.2 Å². The highest BCUT2D eigenvalue weighted by molar-refractivity contribution is 7.09. The summed E-state index contributed by atoms with van der Waals surface area (Å²) in [6.45, 7) is 0. The lowest BCUT2D eigenvalue weighted by Crippen LogP contribution is -2.39. The Morgan fingerprint density at radius 1 is 1.17 bits per heavy atom. The Kier molecular flexibility index (Phi) is 3.48. The number of aromatic nitrogens is 1. The van der Waals surface area contributed by atoms with E-state index in [0.29, 0.717) is 5.69 Å². The Morgan fingerprint density at radius 3 is 2.50 bits per heavy atom. The molecule has 0 N–H and O–H groups in total. The van der Waals surface area contributed by atoms with Crippen LogP contribution in [0, 0.1) is 24.2 Å². The van der Waals surface area contributed by atoms with E-state index in [9.17, 15) is 9.59 Å². The fourth-order valence-corrected chi connectivity index (χ4v) is 4.65. The van der Waals surface area contributed by atoms with Crippen LogP contribution in [0.15, 0.2) is 41.9 Å². The van der Waals surface area contributed by atoms with E-state index < -0.39 is 17.9 Å². The van der Waals surface area contributed by atoms with Gasteiger partial charge in [0.15, 0.2) is 0 Å². The molecule has 2 fully saturated rings. The number of fused-ring (bicyclic) bond motifs is 1. The van der Waals surface area contributed by atoms with E-state index in [-0.39, 0.29) is 17.9 Å². The van der Waals surface area contributed by atoms with Crippen molar-refractivity contribution < 1.29 is 9.59 Å². The molecule has 2 aliphatic heterocycles. The number of rotatable bonds is 2. The highest BCUT2D eigenvalue weighted by atomic mass is 32.1. The molecule has 2 amide bonds. The van der Waals surface area contributed by atoms with Crippen molar-refractivity contribution in [3.05, 3.63) is 46.9 Å². The Labute approximate surface area is 143 Å². The van der Waals surface area contributed by atoms with Crippen LogP contribution in [0.4, 0.5) is 5.69 Å². The van der Waals surface area contributed by atoms with Crippen molar-refractivity contribution in [2.45, 2.75) is 12.1 Å². The monoisotopic (exact) mass is 337 g/mol. The van der Waals surface area contributed by atoms with Gasteiger partial charge in [0, 0.05) is 11.6 Å². The zero-order chi connectivity index (χ0) is 16.8. The number of amides is 2. The molecule has 1 aromatic heterocycles. The molecule has 0 spiro atoms. The van der Waals surface area contributed by atoms with Crippen molar-refractivity contribution in [2.24, 2.45) is 11.8 Å². The molecule has 4 atom stereocenters. The molecule has 0 saturated carbocycles. The fraction of sp³-hybridized carbons (Fsp3) is 0.278. The van der Waals surface area contributed by atoms with Gasteiger partial charge in [0.1, 0.15) is 5.01 Å². The number of benzene rings is 1. The van der Waals surface area contributed by atoms with Crippen molar-refractivity contribution in [3.63, 3.8) is 0 Å². The van der Waals surface area contributed by atoms with Crippen molar-refractivity contribution in [1.82, 2.24) is 9.88 Å². The normalized spacial score (nSPS) is 29.8. The minimum absolute atomic E-state index is 0.194. The lowest BCUT2D eigenvalue weighted by molar-refractivity contribution is -0.123. The van der Waals surface area contributed by atoms with Crippen LogP contribution in [-0.4, -0.2) is 34.8 Å². The van der Waals surface area contributed by atoms with Crippen LogP contribution in [0.1, 0.15) is 11.0 Å². The van der Waals surface area contributed by atoms with Crippen LogP contribution in [0.2, 0.25) is 0 Å². The average Bonchev–Trinajstić information content (AvgIpc) is 3.26. The summed E-state index contributed by atoms with van der Waals surface area (Å²) in [6.07, 6.45) is 7.41. The van der Waals surface area contributed by atoms with E-state index in [1.807, 2.05) is 35.5 Å². The summed E-state index contributed by atoms with van der Waals surface area (Å²) in [4.78, 5) is 33.7. The third kappa shape index (κ3) is 1.95. The van der Waals surface area contributed by atoms with Crippen LogP contribution >= 0.6 is 11.3 Å². The minimum Gasteiger partial charge on any atom is -0.282 e. The molecule has 5 nitrogen and oxygen atoms in total. The lowest BCUT2D eigenvalue weighted by atomic mass is 9.90. The minimum atomic E-state index is -0.526. The number of imide groups is 1. The standard InChI is InChI=1S/C18H15N3O2S/c1-3-12-13-14(15(20(12)2)16-19-9-10-24-16)18(23)21(17(13)22)11-7-5-4-6-8-11/h1,4-10,12-15H,2H3/t12-,13-,14-,15+/m0/s1. The Bertz CT molecular complexity index is 828. The van der Waals surface area contributed by atoms with Gasteiger partial charge in [-0.3, -0.25) is 14.5 Å². The lowest BCUT2D eigenvalue weighted by Gasteiger charge is -2.26. The number of terminal acetylenes is 1. The number of nitrogens with zero attached hydrogens (tertiary/aromatic N) is 3. The number of carbonyl (C=O) groups is 2. The van der Waals surface area contributed by atoms with Crippen LogP contribution in [0.5, 0.6) is 0 Å². The van der Waals surface area contributed by atoms with E-state index in [2.05, 4.69) is 10.9 Å². The molecule has 0 bridgehead atoms. The molecule has 4 rings (SSSR count). The summed E-state index contributed by atoms with van der Waals surface area (Å²) in [5, 5.41) is 2.69. The first kappa shape index (κ1) is 15.1. The first-order valence-corrected chi connectivity index (χ1v) is 8.53. The molecular weight excluding hydrogens is 322 g/mol. The fourth-order valence-electron chi connectivity index (χ4n) is 3.82. The maximum atomic E-state index is 13.1. The Hall–Kier alpha value is -2.49. The highest BCUT2D eigenvalue weighted by Crippen LogP contribution is 2.50. The van der Waals surface area contributed by atoms with Gasteiger partial charge >= 0.3 is 0 Å². The molecule has 1 aromatic carbocycles. The number of anilines is 1. The third-order valence-corrected chi connectivity index (χ3v) is 5.69. The maximum absolute atomic E-state index is 13.1. The van der Waals surface area contributed by atoms with Gasteiger partial charge in [0.25, 0.3) is 0 Å². The summed E-state index contributed by atoms with van der Waals surface area (Å²) in [6, 6.07) is 8.34. The first-order chi connectivity index (χ1) is 11.6. The predicted octanol–water partition coefficient (Wildman–Crippen LogP) is 1.94. The summed E-state index contributed by atoms with van der Waals surface area (Å²) in [5.74, 6) is 1.27. The number of hydrogen-bond acceptors (Lipinski definition) is 5. The molecule has 120 valence electrons. The molecule has 0 aliphatic carbocycles. The van der Waals surface area contributed by atoms with Gasteiger partial charge in [-0.05, 0) is 19.2 Å². The van der Waals surface area contributed by atoms with E-state index >= 15 is 0 Å². The predicted molar refractivity (Wildman–Crippen MR) is 91.2 cm³/mol. The van der Waals surface area contributed by atoms with Gasteiger partial charge < -0.3 is 0 Å². The van der Waals surface area contributed by atoms with Gasteiger partial charge in [-0.2, -0.15) is 0 Å². The number of thiazole rings is 1. The molecule has 0 unspecified atom stereocenters. The molecule has 3 heterocycles. The van der Waals surface area contributed by atoms with Crippen LogP contribution in [0.25, 0.3) is 0 Å². The molecular formula is C18H15N3O2S. The number of para-hydroxylation sites is 1. The van der Waals surface area contributed by atoms with Crippen LogP contribution in [-0.2, 0) is 9.59 Å². The number of hydrogen-bond donors (Lipinski definition) is 0. The zero-order valence-electron chi connectivity index (χ0n) is 13.0. The van der Waals surface area contributed by atoms with Crippen LogP contribution in [0.3, 0.4) is 0 Å². The Balaban J connectivity index is 1.81. The summed E-state index contributed by atoms with van der Waals surface area (Å²) in [7, 11) is 1.86. The quantitative estimate of drug-likeness (QED) is 0.621. The van der Waals surface area contributed by atoms with Gasteiger partial charge in [-0.15, -0.1) is 17.8 Å². The number of likely N-dealkylation sites (tertiary alicyclic amines) is 1. The summed E-state index contributed by atoms with van der Waals surface area (Å²) >= 11 is 1.48.